The maximum atomic E-state index is 12.6. The molecule has 2 fully saturated rings. The van der Waals surface area contributed by atoms with E-state index in [1.807, 2.05) is 4.90 Å². The first kappa shape index (κ1) is 13.6. The van der Waals surface area contributed by atoms with Gasteiger partial charge in [0.25, 0.3) is 0 Å². The van der Waals surface area contributed by atoms with Gasteiger partial charge in [-0.25, -0.2) is 0 Å². The highest BCUT2D eigenvalue weighted by Gasteiger charge is 2.48. The molecule has 0 spiro atoms. The molecule has 3 atom stereocenters. The molecule has 20 heavy (non-hydrogen) atoms. The lowest BCUT2D eigenvalue weighted by molar-refractivity contribution is -0.132. The number of rotatable bonds is 3. The molecule has 2 aliphatic rings. The molecule has 1 saturated carbocycles. The standard InChI is InChI=1S/C17H24N2O/c1-12-5-3-4-6-13(12)14-9-15(14)16(20)19-8-7-17(2,10-18)11-19/h3-6,14-15H,7-11,18H2,1-2H3. The van der Waals surface area contributed by atoms with Crippen molar-refractivity contribution in [3.8, 4) is 0 Å². The number of hydrogen-bond acceptors (Lipinski definition) is 2. The molecule has 3 heteroatoms. The molecule has 1 amide bonds. The number of nitrogens with two attached hydrogens (primary N) is 1. The smallest absolute Gasteiger partial charge is 0.226 e. The molecule has 1 aromatic carbocycles. The Morgan fingerprint density at radius 2 is 2.20 bits per heavy atom. The van der Waals surface area contributed by atoms with Crippen LogP contribution in [0.2, 0.25) is 0 Å². The summed E-state index contributed by atoms with van der Waals surface area (Å²) in [7, 11) is 0. The average molecular weight is 272 g/mol. The number of aryl methyl sites for hydroxylation is 1. The summed E-state index contributed by atoms with van der Waals surface area (Å²) in [4.78, 5) is 14.6. The number of amides is 1. The highest BCUT2D eigenvalue weighted by atomic mass is 16.2. The van der Waals surface area contributed by atoms with Gasteiger partial charge in [0.15, 0.2) is 0 Å². The number of carbonyl (C=O) groups is 1. The quantitative estimate of drug-likeness (QED) is 0.917. The van der Waals surface area contributed by atoms with Crippen LogP contribution in [0.15, 0.2) is 24.3 Å². The fourth-order valence-corrected chi connectivity index (χ4v) is 3.43. The number of benzene rings is 1. The Morgan fingerprint density at radius 1 is 1.45 bits per heavy atom. The van der Waals surface area contributed by atoms with E-state index in [4.69, 9.17) is 5.73 Å². The molecule has 1 saturated heterocycles. The van der Waals surface area contributed by atoms with E-state index in [0.29, 0.717) is 18.4 Å². The van der Waals surface area contributed by atoms with Gasteiger partial charge in [-0.1, -0.05) is 31.2 Å². The molecular weight excluding hydrogens is 248 g/mol. The Hall–Kier alpha value is -1.35. The van der Waals surface area contributed by atoms with Crippen LogP contribution in [0.25, 0.3) is 0 Å². The molecule has 2 N–H and O–H groups in total. The zero-order valence-electron chi connectivity index (χ0n) is 12.4. The van der Waals surface area contributed by atoms with Crippen LogP contribution in [-0.4, -0.2) is 30.4 Å². The van der Waals surface area contributed by atoms with Crippen molar-refractivity contribution in [2.24, 2.45) is 17.1 Å². The molecule has 1 heterocycles. The van der Waals surface area contributed by atoms with Gasteiger partial charge in [0.2, 0.25) is 5.91 Å². The second kappa shape index (κ2) is 4.88. The first-order valence-electron chi connectivity index (χ1n) is 7.58. The van der Waals surface area contributed by atoms with E-state index in [1.54, 1.807) is 0 Å². The monoisotopic (exact) mass is 272 g/mol. The van der Waals surface area contributed by atoms with Gasteiger partial charge in [-0.2, -0.15) is 0 Å². The van der Waals surface area contributed by atoms with Crippen molar-refractivity contribution < 1.29 is 4.79 Å². The predicted octanol–water partition coefficient (Wildman–Crippen LogP) is 2.30. The largest absolute Gasteiger partial charge is 0.342 e. The Balaban J connectivity index is 1.66. The van der Waals surface area contributed by atoms with Crippen molar-refractivity contribution in [1.29, 1.82) is 0 Å². The minimum atomic E-state index is 0.128. The minimum Gasteiger partial charge on any atom is -0.342 e. The SMILES string of the molecule is Cc1ccccc1C1CC1C(=O)N1CCC(C)(CN)C1. The molecule has 1 aliphatic heterocycles. The summed E-state index contributed by atoms with van der Waals surface area (Å²) in [6.07, 6.45) is 2.05. The van der Waals surface area contributed by atoms with Gasteiger partial charge in [0, 0.05) is 19.0 Å². The maximum absolute atomic E-state index is 12.6. The summed E-state index contributed by atoms with van der Waals surface area (Å²) < 4.78 is 0. The van der Waals surface area contributed by atoms with Gasteiger partial charge in [0.05, 0.1) is 0 Å². The fraction of sp³-hybridized carbons (Fsp3) is 0.588. The van der Waals surface area contributed by atoms with E-state index in [1.165, 1.54) is 11.1 Å². The third-order valence-corrected chi connectivity index (χ3v) is 5.06. The molecular formula is C17H24N2O. The second-order valence-electron chi connectivity index (χ2n) is 6.83. The Morgan fingerprint density at radius 3 is 2.85 bits per heavy atom. The first-order chi connectivity index (χ1) is 9.54. The zero-order chi connectivity index (χ0) is 14.3. The van der Waals surface area contributed by atoms with Crippen molar-refractivity contribution in [3.63, 3.8) is 0 Å². The first-order valence-corrected chi connectivity index (χ1v) is 7.58. The van der Waals surface area contributed by atoms with Crippen LogP contribution in [0.1, 0.15) is 36.8 Å². The summed E-state index contributed by atoms with van der Waals surface area (Å²) in [5, 5.41) is 0. The Labute approximate surface area is 121 Å². The van der Waals surface area contributed by atoms with E-state index >= 15 is 0 Å². The molecule has 0 radical (unpaired) electrons. The molecule has 1 aliphatic carbocycles. The van der Waals surface area contributed by atoms with E-state index in [0.717, 1.165) is 25.9 Å². The topological polar surface area (TPSA) is 46.3 Å². The molecule has 3 nitrogen and oxygen atoms in total. The lowest BCUT2D eigenvalue weighted by Crippen LogP contribution is -2.35. The Kier molecular flexibility index (Phi) is 3.33. The third kappa shape index (κ3) is 2.35. The van der Waals surface area contributed by atoms with Crippen molar-refractivity contribution >= 4 is 5.91 Å². The number of carbonyl (C=O) groups excluding carboxylic acids is 1. The number of hydrogen-bond donors (Lipinski definition) is 1. The molecule has 3 unspecified atom stereocenters. The van der Waals surface area contributed by atoms with E-state index < -0.39 is 0 Å². The van der Waals surface area contributed by atoms with Crippen LogP contribution in [0.3, 0.4) is 0 Å². The summed E-state index contributed by atoms with van der Waals surface area (Å²) in [5.74, 6) is 0.986. The van der Waals surface area contributed by atoms with Crippen molar-refractivity contribution in [1.82, 2.24) is 4.90 Å². The summed E-state index contributed by atoms with van der Waals surface area (Å²) >= 11 is 0. The van der Waals surface area contributed by atoms with Gasteiger partial charge in [-0.15, -0.1) is 0 Å². The maximum Gasteiger partial charge on any atom is 0.226 e. The second-order valence-corrected chi connectivity index (χ2v) is 6.83. The minimum absolute atomic E-state index is 0.128. The highest BCUT2D eigenvalue weighted by Crippen LogP contribution is 2.50. The van der Waals surface area contributed by atoms with Gasteiger partial charge in [-0.3, -0.25) is 4.79 Å². The van der Waals surface area contributed by atoms with E-state index in [9.17, 15) is 4.79 Å². The lowest BCUT2D eigenvalue weighted by atomic mass is 9.90. The van der Waals surface area contributed by atoms with Crippen molar-refractivity contribution in [2.45, 2.75) is 32.6 Å². The van der Waals surface area contributed by atoms with Crippen LogP contribution >= 0.6 is 0 Å². The average Bonchev–Trinajstić information content (AvgIpc) is 3.14. The predicted molar refractivity (Wildman–Crippen MR) is 80.4 cm³/mol. The third-order valence-electron chi connectivity index (χ3n) is 5.06. The van der Waals surface area contributed by atoms with Crippen LogP contribution < -0.4 is 5.73 Å². The molecule has 1 aromatic rings. The molecule has 0 aromatic heterocycles. The molecule has 3 rings (SSSR count). The van der Waals surface area contributed by atoms with Gasteiger partial charge >= 0.3 is 0 Å². The molecule has 108 valence electrons. The molecule has 0 bridgehead atoms. The normalized spacial score (nSPS) is 32.5. The summed E-state index contributed by atoms with van der Waals surface area (Å²) in [6.45, 7) is 6.70. The Bertz CT molecular complexity index is 527. The van der Waals surface area contributed by atoms with E-state index in [2.05, 4.69) is 38.1 Å². The zero-order valence-corrected chi connectivity index (χ0v) is 12.4. The van der Waals surface area contributed by atoms with Crippen molar-refractivity contribution in [2.75, 3.05) is 19.6 Å². The summed E-state index contributed by atoms with van der Waals surface area (Å²) in [5.41, 5.74) is 8.61. The van der Waals surface area contributed by atoms with Crippen molar-refractivity contribution in [3.05, 3.63) is 35.4 Å². The van der Waals surface area contributed by atoms with Gasteiger partial charge < -0.3 is 10.6 Å². The number of likely N-dealkylation sites (tertiary alicyclic amines) is 1. The van der Waals surface area contributed by atoms with Gasteiger partial charge in [-0.05, 0) is 48.8 Å². The van der Waals surface area contributed by atoms with E-state index in [-0.39, 0.29) is 11.3 Å². The fourth-order valence-electron chi connectivity index (χ4n) is 3.43. The summed E-state index contributed by atoms with van der Waals surface area (Å²) in [6, 6.07) is 8.44. The van der Waals surface area contributed by atoms with Crippen LogP contribution in [-0.2, 0) is 4.79 Å². The lowest BCUT2D eigenvalue weighted by Gasteiger charge is -2.22. The number of nitrogens with zero attached hydrogens (tertiary/aromatic N) is 1. The van der Waals surface area contributed by atoms with Gasteiger partial charge in [0.1, 0.15) is 0 Å². The van der Waals surface area contributed by atoms with Crippen LogP contribution in [0.4, 0.5) is 0 Å². The van der Waals surface area contributed by atoms with Crippen LogP contribution in [0.5, 0.6) is 0 Å². The van der Waals surface area contributed by atoms with Crippen LogP contribution in [0, 0.1) is 18.3 Å². The highest BCUT2D eigenvalue weighted by molar-refractivity contribution is 5.83.